The highest BCUT2D eigenvalue weighted by Gasteiger charge is 2.11. The monoisotopic (exact) mass is 456 g/mol. The zero-order chi connectivity index (χ0) is 22.0. The second-order valence-electron chi connectivity index (χ2n) is 6.43. The number of hydrogen-bond acceptors (Lipinski definition) is 8. The maximum atomic E-state index is 12.3. The number of carbonyl (C=O) groups excluding carboxylic acids is 1. The van der Waals surface area contributed by atoms with E-state index in [-0.39, 0.29) is 5.11 Å². The van der Waals surface area contributed by atoms with Crippen LogP contribution in [0.5, 0.6) is 0 Å². The van der Waals surface area contributed by atoms with E-state index >= 15 is 0 Å². The van der Waals surface area contributed by atoms with Crippen molar-refractivity contribution in [3.05, 3.63) is 30.3 Å². The van der Waals surface area contributed by atoms with Gasteiger partial charge in [-0.25, -0.2) is 9.80 Å². The zero-order valence-electron chi connectivity index (χ0n) is 17.7. The molecular weight excluding hydrogens is 424 g/mol. The number of amides is 2. The maximum absolute atomic E-state index is 12.3. The third-order valence-electron chi connectivity index (χ3n) is 4.02. The standard InChI is InChI=1S/C20H32N4O6S/c25-19(22-20(31)21-18-4-2-1-3-5-18)23-24-6-8-26-10-12-28-14-16-30-17-15-29-13-11-27-9-7-24/h1-5H,6-17H2,(H3,21,22,23,25,31). The molecule has 1 aliphatic heterocycles. The van der Waals surface area contributed by atoms with Crippen molar-refractivity contribution in [2.24, 2.45) is 0 Å². The number of para-hydroxylation sites is 1. The van der Waals surface area contributed by atoms with Crippen LogP contribution < -0.4 is 16.1 Å². The van der Waals surface area contributed by atoms with Gasteiger partial charge in [-0.1, -0.05) is 18.2 Å². The van der Waals surface area contributed by atoms with Crippen LogP contribution in [0, 0.1) is 0 Å². The maximum Gasteiger partial charge on any atom is 0.335 e. The van der Waals surface area contributed by atoms with Crippen LogP contribution in [0.25, 0.3) is 0 Å². The highest BCUT2D eigenvalue weighted by atomic mass is 32.1. The summed E-state index contributed by atoms with van der Waals surface area (Å²) in [5.74, 6) is 0. The molecule has 0 radical (unpaired) electrons. The lowest BCUT2D eigenvalue weighted by molar-refractivity contribution is -0.0207. The van der Waals surface area contributed by atoms with Crippen molar-refractivity contribution < 1.29 is 28.5 Å². The molecule has 1 aromatic rings. The quantitative estimate of drug-likeness (QED) is 0.563. The molecule has 3 N–H and O–H groups in total. The Hall–Kier alpha value is -1.86. The third kappa shape index (κ3) is 13.2. The van der Waals surface area contributed by atoms with Gasteiger partial charge in [-0.15, -0.1) is 0 Å². The van der Waals surface area contributed by atoms with Crippen molar-refractivity contribution in [2.45, 2.75) is 0 Å². The van der Waals surface area contributed by atoms with Crippen LogP contribution in [-0.2, 0) is 23.7 Å². The largest absolute Gasteiger partial charge is 0.378 e. The third-order valence-corrected chi connectivity index (χ3v) is 4.22. The first-order valence-electron chi connectivity index (χ1n) is 10.3. The minimum absolute atomic E-state index is 0.205. The van der Waals surface area contributed by atoms with Gasteiger partial charge in [0.25, 0.3) is 0 Å². The second kappa shape index (κ2) is 16.8. The summed E-state index contributed by atoms with van der Waals surface area (Å²) < 4.78 is 27.4. The van der Waals surface area contributed by atoms with Crippen molar-refractivity contribution in [3.63, 3.8) is 0 Å². The molecule has 0 unspecified atom stereocenters. The molecule has 174 valence electrons. The summed E-state index contributed by atoms with van der Waals surface area (Å²) in [5.41, 5.74) is 3.57. The molecule has 0 bridgehead atoms. The summed E-state index contributed by atoms with van der Waals surface area (Å²) in [4.78, 5) is 12.3. The van der Waals surface area contributed by atoms with Gasteiger partial charge in [-0.2, -0.15) is 0 Å². The van der Waals surface area contributed by atoms with Gasteiger partial charge in [0.05, 0.1) is 66.1 Å². The Balaban J connectivity index is 1.73. The van der Waals surface area contributed by atoms with E-state index in [1.54, 1.807) is 5.01 Å². The van der Waals surface area contributed by atoms with Crippen LogP contribution in [0.2, 0.25) is 0 Å². The summed E-state index contributed by atoms with van der Waals surface area (Å²) in [6.45, 7) is 5.77. The average molecular weight is 457 g/mol. The minimum Gasteiger partial charge on any atom is -0.378 e. The molecule has 0 aromatic heterocycles. The van der Waals surface area contributed by atoms with E-state index in [1.807, 2.05) is 30.3 Å². The van der Waals surface area contributed by atoms with Gasteiger partial charge in [0.15, 0.2) is 5.11 Å². The molecule has 0 atom stereocenters. The number of rotatable bonds is 2. The molecule has 0 saturated carbocycles. The number of urea groups is 1. The van der Waals surface area contributed by atoms with Crippen LogP contribution in [0.1, 0.15) is 0 Å². The Labute approximate surface area is 188 Å². The topological polar surface area (TPSA) is 103 Å². The number of benzene rings is 1. The Morgan fingerprint density at radius 2 is 1.19 bits per heavy atom. The van der Waals surface area contributed by atoms with E-state index in [9.17, 15) is 4.79 Å². The first-order chi connectivity index (χ1) is 15.2. The Bertz CT molecular complexity index is 607. The highest BCUT2D eigenvalue weighted by Crippen LogP contribution is 2.04. The van der Waals surface area contributed by atoms with Gasteiger partial charge >= 0.3 is 6.03 Å². The van der Waals surface area contributed by atoms with E-state index in [1.165, 1.54) is 0 Å². The van der Waals surface area contributed by atoms with Crippen LogP contribution >= 0.6 is 12.2 Å². The summed E-state index contributed by atoms with van der Waals surface area (Å²) in [5, 5.41) is 7.48. The van der Waals surface area contributed by atoms with E-state index in [2.05, 4.69) is 16.1 Å². The molecule has 0 aliphatic carbocycles. The smallest absolute Gasteiger partial charge is 0.335 e. The number of ether oxygens (including phenoxy) is 5. The molecule has 0 spiro atoms. The van der Waals surface area contributed by atoms with Crippen LogP contribution in [0.15, 0.2) is 30.3 Å². The molecule has 11 heteroatoms. The van der Waals surface area contributed by atoms with Crippen LogP contribution in [0.3, 0.4) is 0 Å². The van der Waals surface area contributed by atoms with Gasteiger partial charge in [0.1, 0.15) is 0 Å². The van der Waals surface area contributed by atoms with Crippen molar-refractivity contribution in [1.29, 1.82) is 0 Å². The molecule has 1 aliphatic rings. The van der Waals surface area contributed by atoms with Gasteiger partial charge < -0.3 is 29.0 Å². The van der Waals surface area contributed by atoms with E-state index in [4.69, 9.17) is 35.9 Å². The highest BCUT2D eigenvalue weighted by molar-refractivity contribution is 7.80. The lowest BCUT2D eigenvalue weighted by Crippen LogP contribution is -2.51. The summed E-state index contributed by atoms with van der Waals surface area (Å²) in [6, 6.07) is 8.93. The van der Waals surface area contributed by atoms with Crippen molar-refractivity contribution >= 4 is 29.0 Å². The van der Waals surface area contributed by atoms with E-state index in [0.29, 0.717) is 79.2 Å². The predicted octanol–water partition coefficient (Wildman–Crippen LogP) is 0.996. The fraction of sp³-hybridized carbons (Fsp3) is 0.600. The van der Waals surface area contributed by atoms with Crippen molar-refractivity contribution in [2.75, 3.05) is 84.5 Å². The van der Waals surface area contributed by atoms with Crippen molar-refractivity contribution in [3.8, 4) is 0 Å². The molecule has 1 saturated heterocycles. The number of anilines is 1. The summed E-state index contributed by atoms with van der Waals surface area (Å²) in [6.07, 6.45) is 0. The molecule has 1 aromatic carbocycles. The SMILES string of the molecule is O=C(NC(=S)Nc1ccccc1)NN1CCOCCOCCOCCOCCOCC1. The molecule has 1 heterocycles. The van der Waals surface area contributed by atoms with Crippen LogP contribution in [0.4, 0.5) is 10.5 Å². The molecule has 2 amide bonds. The number of hydrogen-bond donors (Lipinski definition) is 3. The Morgan fingerprint density at radius 3 is 1.68 bits per heavy atom. The van der Waals surface area contributed by atoms with Crippen molar-refractivity contribution in [1.82, 2.24) is 15.8 Å². The van der Waals surface area contributed by atoms with E-state index < -0.39 is 6.03 Å². The summed E-state index contributed by atoms with van der Waals surface area (Å²) in [7, 11) is 0. The molecule has 1 fully saturated rings. The average Bonchev–Trinajstić information content (AvgIpc) is 2.75. The minimum atomic E-state index is -0.442. The zero-order valence-corrected chi connectivity index (χ0v) is 18.5. The van der Waals surface area contributed by atoms with Gasteiger partial charge in [-0.05, 0) is 24.4 Å². The lowest BCUT2D eigenvalue weighted by atomic mass is 10.3. The first-order valence-corrected chi connectivity index (χ1v) is 10.7. The number of carbonyl (C=O) groups is 1. The number of hydrazine groups is 1. The molecule has 10 nitrogen and oxygen atoms in total. The van der Waals surface area contributed by atoms with Gasteiger partial charge in [0, 0.05) is 18.8 Å². The molecular formula is C20H32N4O6S. The molecule has 31 heavy (non-hydrogen) atoms. The first kappa shape index (κ1) is 25.4. The van der Waals surface area contributed by atoms with Gasteiger partial charge in [0.2, 0.25) is 0 Å². The molecule has 2 rings (SSSR count). The van der Waals surface area contributed by atoms with Gasteiger partial charge in [-0.3, -0.25) is 10.7 Å². The Morgan fingerprint density at radius 1 is 0.742 bits per heavy atom. The fourth-order valence-corrected chi connectivity index (χ4v) is 2.72. The number of nitrogens with one attached hydrogen (secondary N) is 3. The second-order valence-corrected chi connectivity index (χ2v) is 6.84. The number of nitrogens with zero attached hydrogens (tertiary/aromatic N) is 1. The fourth-order valence-electron chi connectivity index (χ4n) is 2.51. The normalized spacial score (nSPS) is 18.8. The van der Waals surface area contributed by atoms with E-state index in [0.717, 1.165) is 5.69 Å². The Kier molecular flexibility index (Phi) is 13.8. The lowest BCUT2D eigenvalue weighted by Gasteiger charge is -2.23. The predicted molar refractivity (Wildman–Crippen MR) is 120 cm³/mol. The summed E-state index contributed by atoms with van der Waals surface area (Å²) >= 11 is 5.19. The number of thiocarbonyl (C=S) groups is 1. The van der Waals surface area contributed by atoms with Crippen LogP contribution in [-0.4, -0.2) is 95.3 Å².